The minimum absolute atomic E-state index is 0.223. The molecular formula is C31H43ClN6S. The van der Waals surface area contributed by atoms with Gasteiger partial charge in [-0.15, -0.1) is 11.8 Å². The first kappa shape index (κ1) is 27.3. The standard InChI is InChI=1S/C31H43ClN6S/c1-22(37-13-6-7-14-37)31(38(15-16-39-31)33-21-23-9-8-12-27(17-23)36(2)3)29-19-24-18-25(32)20-28(30(24)35-29)34-26-10-4-5-11-26/h8-9,12,17-20,22,26,33-35H,4-7,10-11,13-16,21H2,1-3H3/t22-,31?/m0/s1. The molecule has 2 saturated heterocycles. The van der Waals surface area contributed by atoms with Crippen LogP contribution in [0.5, 0.6) is 0 Å². The normalized spacial score (nSPS) is 23.7. The molecule has 1 aromatic heterocycles. The molecule has 6 rings (SSSR count). The van der Waals surface area contributed by atoms with Crippen molar-refractivity contribution in [3.8, 4) is 0 Å². The van der Waals surface area contributed by atoms with Crippen LogP contribution in [0.25, 0.3) is 10.9 Å². The Morgan fingerprint density at radius 3 is 2.64 bits per heavy atom. The predicted molar refractivity (Wildman–Crippen MR) is 168 cm³/mol. The number of likely N-dealkylation sites (tertiary alicyclic amines) is 1. The maximum atomic E-state index is 6.67. The lowest BCUT2D eigenvalue weighted by atomic mass is 10.0. The molecule has 0 amide bonds. The van der Waals surface area contributed by atoms with Gasteiger partial charge in [0, 0.05) is 66.8 Å². The van der Waals surface area contributed by atoms with Gasteiger partial charge in [-0.3, -0.25) is 4.90 Å². The van der Waals surface area contributed by atoms with Gasteiger partial charge in [0.2, 0.25) is 0 Å². The first-order chi connectivity index (χ1) is 18.9. The lowest BCUT2D eigenvalue weighted by Crippen LogP contribution is -2.58. The lowest BCUT2D eigenvalue weighted by molar-refractivity contribution is 0.0435. The molecule has 3 N–H and O–H groups in total. The van der Waals surface area contributed by atoms with Crippen molar-refractivity contribution in [1.29, 1.82) is 0 Å². The summed E-state index contributed by atoms with van der Waals surface area (Å²) < 4.78 is 0. The Kier molecular flexibility index (Phi) is 8.07. The van der Waals surface area contributed by atoms with Crippen LogP contribution in [0.3, 0.4) is 0 Å². The summed E-state index contributed by atoms with van der Waals surface area (Å²) in [4.78, 5) is 8.58. The van der Waals surface area contributed by atoms with Crippen molar-refractivity contribution in [3.05, 3.63) is 58.7 Å². The van der Waals surface area contributed by atoms with E-state index in [1.807, 2.05) is 0 Å². The van der Waals surface area contributed by atoms with Gasteiger partial charge < -0.3 is 15.2 Å². The number of thioether (sulfide) groups is 1. The Bertz CT molecular complexity index is 1280. The van der Waals surface area contributed by atoms with Crippen LogP contribution in [0, 0.1) is 0 Å². The minimum Gasteiger partial charge on any atom is -0.381 e. The molecule has 6 nitrogen and oxygen atoms in total. The first-order valence-electron chi connectivity index (χ1n) is 14.7. The van der Waals surface area contributed by atoms with Crippen LogP contribution in [0.4, 0.5) is 11.4 Å². The molecule has 39 heavy (non-hydrogen) atoms. The topological polar surface area (TPSA) is 49.6 Å². The molecule has 2 aliphatic heterocycles. The van der Waals surface area contributed by atoms with E-state index >= 15 is 0 Å². The van der Waals surface area contributed by atoms with Gasteiger partial charge in [-0.1, -0.05) is 36.6 Å². The molecule has 3 aliphatic rings. The number of H-pyrrole nitrogens is 1. The quantitative estimate of drug-likeness (QED) is 0.270. The largest absolute Gasteiger partial charge is 0.381 e. The first-order valence-corrected chi connectivity index (χ1v) is 16.0. The highest BCUT2D eigenvalue weighted by molar-refractivity contribution is 8.00. The molecule has 3 heterocycles. The highest BCUT2D eigenvalue weighted by atomic mass is 35.5. The number of nitrogens with zero attached hydrogens (tertiary/aromatic N) is 3. The van der Waals surface area contributed by atoms with E-state index in [9.17, 15) is 0 Å². The summed E-state index contributed by atoms with van der Waals surface area (Å²) in [5.74, 6) is 1.09. The lowest BCUT2D eigenvalue weighted by Gasteiger charge is -2.45. The van der Waals surface area contributed by atoms with Crippen LogP contribution in [0.2, 0.25) is 5.02 Å². The number of anilines is 2. The molecule has 3 aromatic rings. The maximum absolute atomic E-state index is 6.67. The van der Waals surface area contributed by atoms with Crippen molar-refractivity contribution in [2.24, 2.45) is 0 Å². The highest BCUT2D eigenvalue weighted by Crippen LogP contribution is 2.49. The molecular weight excluding hydrogens is 524 g/mol. The number of aromatic amines is 1. The van der Waals surface area contributed by atoms with Crippen LogP contribution >= 0.6 is 23.4 Å². The number of hydrogen-bond donors (Lipinski definition) is 3. The molecule has 0 bridgehead atoms. The third-order valence-electron chi connectivity index (χ3n) is 8.99. The molecule has 1 saturated carbocycles. The van der Waals surface area contributed by atoms with Gasteiger partial charge >= 0.3 is 0 Å². The number of hydrazine groups is 1. The van der Waals surface area contributed by atoms with Crippen LogP contribution in [0.15, 0.2) is 42.5 Å². The van der Waals surface area contributed by atoms with Crippen molar-refractivity contribution >= 4 is 45.6 Å². The van der Waals surface area contributed by atoms with E-state index in [1.54, 1.807) is 0 Å². The second-order valence-corrected chi connectivity index (χ2v) is 13.5. The monoisotopic (exact) mass is 566 g/mol. The summed E-state index contributed by atoms with van der Waals surface area (Å²) in [6, 6.07) is 16.3. The van der Waals surface area contributed by atoms with Crippen molar-refractivity contribution in [2.45, 2.75) is 68.9 Å². The molecule has 3 fully saturated rings. The van der Waals surface area contributed by atoms with Crippen LogP contribution in [-0.4, -0.2) is 66.5 Å². The molecule has 210 valence electrons. The number of halogens is 1. The zero-order valence-corrected chi connectivity index (χ0v) is 25.2. The fourth-order valence-electron chi connectivity index (χ4n) is 6.84. The van der Waals surface area contributed by atoms with Crippen LogP contribution in [-0.2, 0) is 11.4 Å². The molecule has 0 spiro atoms. The number of fused-ring (bicyclic) bond motifs is 1. The molecule has 0 radical (unpaired) electrons. The van der Waals surface area contributed by atoms with Gasteiger partial charge in [-0.2, -0.15) is 0 Å². The third kappa shape index (κ3) is 5.41. The van der Waals surface area contributed by atoms with E-state index < -0.39 is 0 Å². The Labute approximate surface area is 242 Å². The fraction of sp³-hybridized carbons (Fsp3) is 0.548. The van der Waals surface area contributed by atoms with Crippen molar-refractivity contribution < 1.29 is 0 Å². The van der Waals surface area contributed by atoms with Gasteiger partial charge in [0.05, 0.1) is 11.2 Å². The third-order valence-corrected chi connectivity index (χ3v) is 10.8. The average Bonchev–Trinajstić information content (AvgIpc) is 3.74. The minimum atomic E-state index is -0.223. The van der Waals surface area contributed by atoms with Gasteiger partial charge in [-0.05, 0) is 81.6 Å². The Hall–Kier alpha value is -1.90. The van der Waals surface area contributed by atoms with Gasteiger partial charge in [0.15, 0.2) is 0 Å². The zero-order chi connectivity index (χ0) is 27.0. The van der Waals surface area contributed by atoms with E-state index in [0.29, 0.717) is 12.1 Å². The summed E-state index contributed by atoms with van der Waals surface area (Å²) in [7, 11) is 4.20. The van der Waals surface area contributed by atoms with E-state index in [0.717, 1.165) is 29.6 Å². The number of benzene rings is 2. The second-order valence-electron chi connectivity index (χ2n) is 11.7. The number of rotatable bonds is 9. The van der Waals surface area contributed by atoms with Gasteiger partial charge in [0.25, 0.3) is 0 Å². The van der Waals surface area contributed by atoms with E-state index in [2.05, 4.69) is 106 Å². The predicted octanol–water partition coefficient (Wildman–Crippen LogP) is 6.63. The highest BCUT2D eigenvalue weighted by Gasteiger charge is 2.51. The van der Waals surface area contributed by atoms with E-state index in [1.165, 1.54) is 79.5 Å². The molecule has 8 heteroatoms. The second kappa shape index (κ2) is 11.5. The zero-order valence-electron chi connectivity index (χ0n) is 23.6. The molecule has 2 aromatic carbocycles. The number of aromatic nitrogens is 1. The van der Waals surface area contributed by atoms with Crippen molar-refractivity contribution in [1.82, 2.24) is 20.3 Å². The average molecular weight is 567 g/mol. The van der Waals surface area contributed by atoms with Gasteiger partial charge in [0.1, 0.15) is 4.87 Å². The van der Waals surface area contributed by atoms with Crippen LogP contribution < -0.4 is 15.6 Å². The number of nitrogens with one attached hydrogen (secondary N) is 3. The molecule has 1 unspecified atom stereocenters. The Morgan fingerprint density at radius 2 is 1.87 bits per heavy atom. The van der Waals surface area contributed by atoms with Crippen LogP contribution in [0.1, 0.15) is 56.7 Å². The summed E-state index contributed by atoms with van der Waals surface area (Å²) >= 11 is 8.74. The van der Waals surface area contributed by atoms with E-state index in [-0.39, 0.29) is 4.87 Å². The van der Waals surface area contributed by atoms with Crippen molar-refractivity contribution in [3.63, 3.8) is 0 Å². The number of hydrogen-bond acceptors (Lipinski definition) is 6. The summed E-state index contributed by atoms with van der Waals surface area (Å²) in [5, 5.41) is 8.35. The van der Waals surface area contributed by atoms with Crippen molar-refractivity contribution in [2.75, 3.05) is 49.7 Å². The Morgan fingerprint density at radius 1 is 1.08 bits per heavy atom. The fourth-order valence-corrected chi connectivity index (χ4v) is 8.62. The summed E-state index contributed by atoms with van der Waals surface area (Å²) in [6.07, 6.45) is 7.66. The SMILES string of the molecule is C[C@H](N1CCCC1)C1(c2cc3cc(Cl)cc(NC4CCCC4)c3[nH]2)SCCN1NCc1cccc(N(C)C)c1. The molecule has 1 aliphatic carbocycles. The summed E-state index contributed by atoms with van der Waals surface area (Å²) in [6.45, 7) is 6.57. The van der Waals surface area contributed by atoms with E-state index in [4.69, 9.17) is 11.6 Å². The maximum Gasteiger partial charge on any atom is 0.135 e. The molecule has 2 atom stereocenters. The Balaban J connectivity index is 1.36. The summed E-state index contributed by atoms with van der Waals surface area (Å²) in [5.41, 5.74) is 10.0. The smallest absolute Gasteiger partial charge is 0.135 e. The van der Waals surface area contributed by atoms with Gasteiger partial charge in [-0.25, -0.2) is 10.4 Å².